The lowest BCUT2D eigenvalue weighted by Gasteiger charge is -2.05. The molecule has 0 aliphatic rings. The Bertz CT molecular complexity index is 514. The number of nitrogens with one attached hydrogen (secondary N) is 1. The maximum Gasteiger partial charge on any atom is 0.256 e. The van der Waals surface area contributed by atoms with Gasteiger partial charge in [-0.2, -0.15) is 20.1 Å². The molecule has 1 N–H and O–H groups in total. The molecule has 2 heterocycles. The van der Waals surface area contributed by atoms with Gasteiger partial charge in [0.05, 0.1) is 10.7 Å². The fourth-order valence-electron chi connectivity index (χ4n) is 1.17. The van der Waals surface area contributed by atoms with Crippen molar-refractivity contribution in [2.75, 3.05) is 11.9 Å². The Balaban J connectivity index is 2.31. The third kappa shape index (κ3) is 3.13. The van der Waals surface area contributed by atoms with E-state index < -0.39 is 0 Å². The fourth-order valence-corrected chi connectivity index (χ4v) is 1.61. The number of aromatic nitrogens is 5. The van der Waals surface area contributed by atoms with Crippen molar-refractivity contribution in [3.8, 4) is 5.95 Å². The molecule has 0 spiro atoms. The SMILES string of the molecule is CCCNc1nc(Cl)nc(-n2cc(Br)cn2)n1. The number of halogens is 2. The van der Waals surface area contributed by atoms with Gasteiger partial charge in [0, 0.05) is 12.7 Å². The summed E-state index contributed by atoms with van der Waals surface area (Å²) in [5, 5.41) is 7.27. The van der Waals surface area contributed by atoms with Crippen molar-refractivity contribution in [2.45, 2.75) is 13.3 Å². The highest BCUT2D eigenvalue weighted by Gasteiger charge is 2.07. The molecule has 0 saturated heterocycles. The molecule has 2 aromatic heterocycles. The topological polar surface area (TPSA) is 68.5 Å². The van der Waals surface area contributed by atoms with Gasteiger partial charge in [0.25, 0.3) is 5.95 Å². The van der Waals surface area contributed by atoms with Crippen molar-refractivity contribution in [2.24, 2.45) is 0 Å². The smallest absolute Gasteiger partial charge is 0.256 e. The van der Waals surface area contributed by atoms with Gasteiger partial charge in [-0.05, 0) is 34.0 Å². The molecule has 0 saturated carbocycles. The molecule has 2 rings (SSSR count). The number of hydrogen-bond donors (Lipinski definition) is 1. The second kappa shape index (κ2) is 5.42. The predicted octanol–water partition coefficient (Wildman–Crippen LogP) is 2.30. The first-order valence-corrected chi connectivity index (χ1v) is 6.22. The first-order valence-electron chi connectivity index (χ1n) is 5.05. The van der Waals surface area contributed by atoms with E-state index in [4.69, 9.17) is 11.6 Å². The third-order valence-electron chi connectivity index (χ3n) is 1.89. The Morgan fingerprint density at radius 1 is 1.41 bits per heavy atom. The molecule has 90 valence electrons. The van der Waals surface area contributed by atoms with Gasteiger partial charge in [-0.3, -0.25) is 0 Å². The molecule has 0 radical (unpaired) electrons. The zero-order valence-electron chi connectivity index (χ0n) is 9.06. The lowest BCUT2D eigenvalue weighted by Crippen LogP contribution is -2.09. The minimum absolute atomic E-state index is 0.139. The molecule has 0 fully saturated rings. The van der Waals surface area contributed by atoms with E-state index in [1.807, 2.05) is 0 Å². The van der Waals surface area contributed by atoms with E-state index in [-0.39, 0.29) is 5.28 Å². The Kier molecular flexibility index (Phi) is 3.90. The highest BCUT2D eigenvalue weighted by atomic mass is 79.9. The van der Waals surface area contributed by atoms with Crippen LogP contribution >= 0.6 is 27.5 Å². The summed E-state index contributed by atoms with van der Waals surface area (Å²) in [6.07, 6.45) is 4.37. The Morgan fingerprint density at radius 3 is 2.88 bits per heavy atom. The number of hydrogen-bond acceptors (Lipinski definition) is 5. The fraction of sp³-hybridized carbons (Fsp3) is 0.333. The van der Waals surface area contributed by atoms with E-state index in [1.54, 1.807) is 12.4 Å². The van der Waals surface area contributed by atoms with Gasteiger partial charge in [-0.1, -0.05) is 6.92 Å². The molecular formula is C9H10BrClN6. The normalized spacial score (nSPS) is 10.5. The molecule has 6 nitrogen and oxygen atoms in total. The van der Waals surface area contributed by atoms with Crippen LogP contribution in [0.5, 0.6) is 0 Å². The van der Waals surface area contributed by atoms with Crippen LogP contribution in [-0.4, -0.2) is 31.3 Å². The van der Waals surface area contributed by atoms with Gasteiger partial charge < -0.3 is 5.32 Å². The zero-order valence-corrected chi connectivity index (χ0v) is 11.4. The number of rotatable bonds is 4. The highest BCUT2D eigenvalue weighted by molar-refractivity contribution is 9.10. The maximum absolute atomic E-state index is 5.83. The van der Waals surface area contributed by atoms with Crippen molar-refractivity contribution in [3.63, 3.8) is 0 Å². The summed E-state index contributed by atoms with van der Waals surface area (Å²) in [7, 11) is 0. The quantitative estimate of drug-likeness (QED) is 0.937. The molecule has 0 aromatic carbocycles. The van der Waals surface area contributed by atoms with Crippen LogP contribution in [0.1, 0.15) is 13.3 Å². The molecule has 0 atom stereocenters. The molecule has 8 heteroatoms. The van der Waals surface area contributed by atoms with E-state index in [1.165, 1.54) is 4.68 Å². The highest BCUT2D eigenvalue weighted by Crippen LogP contribution is 2.12. The van der Waals surface area contributed by atoms with Crippen LogP contribution in [0.4, 0.5) is 5.95 Å². The number of nitrogens with zero attached hydrogens (tertiary/aromatic N) is 5. The molecular weight excluding hydrogens is 307 g/mol. The van der Waals surface area contributed by atoms with Crippen LogP contribution in [0.3, 0.4) is 0 Å². The van der Waals surface area contributed by atoms with Crippen molar-refractivity contribution < 1.29 is 0 Å². The lowest BCUT2D eigenvalue weighted by molar-refractivity contribution is 0.793. The zero-order chi connectivity index (χ0) is 12.3. The first-order chi connectivity index (χ1) is 8.19. The molecule has 0 unspecified atom stereocenters. The van der Waals surface area contributed by atoms with Crippen molar-refractivity contribution in [3.05, 3.63) is 22.1 Å². The van der Waals surface area contributed by atoms with Crippen molar-refractivity contribution in [1.82, 2.24) is 24.7 Å². The Labute approximate surface area is 112 Å². The van der Waals surface area contributed by atoms with Gasteiger partial charge in [-0.25, -0.2) is 4.68 Å². The van der Waals surface area contributed by atoms with Crippen molar-refractivity contribution >= 4 is 33.5 Å². The molecule has 0 aliphatic carbocycles. The molecule has 0 bridgehead atoms. The molecule has 17 heavy (non-hydrogen) atoms. The third-order valence-corrected chi connectivity index (χ3v) is 2.46. The lowest BCUT2D eigenvalue weighted by atomic mass is 10.5. The second-order valence-corrected chi connectivity index (χ2v) is 4.51. The van der Waals surface area contributed by atoms with E-state index in [0.29, 0.717) is 11.9 Å². The van der Waals surface area contributed by atoms with E-state index in [9.17, 15) is 0 Å². The molecule has 0 amide bonds. The van der Waals surface area contributed by atoms with E-state index >= 15 is 0 Å². The monoisotopic (exact) mass is 316 g/mol. The standard InChI is InChI=1S/C9H10BrClN6/c1-2-3-12-8-14-7(11)15-9(16-8)17-5-6(10)4-13-17/h4-5H,2-3H2,1H3,(H,12,14,15,16). The summed E-state index contributed by atoms with van der Waals surface area (Å²) < 4.78 is 2.37. The summed E-state index contributed by atoms with van der Waals surface area (Å²) in [6.45, 7) is 2.84. The summed E-state index contributed by atoms with van der Waals surface area (Å²) in [5.74, 6) is 0.836. The Hall–Kier alpha value is -1.21. The van der Waals surface area contributed by atoms with Crippen LogP contribution in [0, 0.1) is 0 Å². The minimum Gasteiger partial charge on any atom is -0.354 e. The largest absolute Gasteiger partial charge is 0.354 e. The second-order valence-electron chi connectivity index (χ2n) is 3.26. The first kappa shape index (κ1) is 12.3. The van der Waals surface area contributed by atoms with Crippen LogP contribution < -0.4 is 5.32 Å². The van der Waals surface area contributed by atoms with Gasteiger partial charge >= 0.3 is 0 Å². The van der Waals surface area contributed by atoms with Crippen LogP contribution in [0.25, 0.3) is 5.95 Å². The summed E-state index contributed by atoms with van der Waals surface area (Å²) in [6, 6.07) is 0. The van der Waals surface area contributed by atoms with Gasteiger partial charge in [0.15, 0.2) is 0 Å². The van der Waals surface area contributed by atoms with Crippen LogP contribution in [0.2, 0.25) is 5.28 Å². The predicted molar refractivity (Wildman–Crippen MR) is 68.4 cm³/mol. The van der Waals surface area contributed by atoms with Gasteiger partial charge in [0.2, 0.25) is 11.2 Å². The summed E-state index contributed by atoms with van der Waals surface area (Å²) in [5.41, 5.74) is 0. The van der Waals surface area contributed by atoms with E-state index in [0.717, 1.165) is 17.4 Å². The van der Waals surface area contributed by atoms with E-state index in [2.05, 4.69) is 48.2 Å². The van der Waals surface area contributed by atoms with Gasteiger partial charge in [-0.15, -0.1) is 0 Å². The minimum atomic E-state index is 0.139. The average molecular weight is 318 g/mol. The average Bonchev–Trinajstić information content (AvgIpc) is 2.72. The Morgan fingerprint density at radius 2 is 2.24 bits per heavy atom. The van der Waals surface area contributed by atoms with Gasteiger partial charge in [0.1, 0.15) is 0 Å². The van der Waals surface area contributed by atoms with Crippen molar-refractivity contribution in [1.29, 1.82) is 0 Å². The summed E-state index contributed by atoms with van der Waals surface area (Å²) >= 11 is 9.14. The maximum atomic E-state index is 5.83. The van der Waals surface area contributed by atoms with Crippen LogP contribution in [0.15, 0.2) is 16.9 Å². The number of anilines is 1. The van der Waals surface area contributed by atoms with Crippen LogP contribution in [-0.2, 0) is 0 Å². The molecule has 0 aliphatic heterocycles. The summed E-state index contributed by atoms with van der Waals surface area (Å²) in [4.78, 5) is 12.2. The molecule has 2 aromatic rings.